The van der Waals surface area contributed by atoms with E-state index in [-0.39, 0.29) is 5.91 Å². The lowest BCUT2D eigenvalue weighted by Gasteiger charge is -2.17. The van der Waals surface area contributed by atoms with Crippen molar-refractivity contribution in [3.05, 3.63) is 71.3 Å². The third kappa shape index (κ3) is 2.62. The number of carbonyl (C=O) groups is 1. The Labute approximate surface area is 118 Å². The highest BCUT2D eigenvalue weighted by Gasteiger charge is 2.15. The van der Waals surface area contributed by atoms with Crippen molar-refractivity contribution >= 4 is 11.6 Å². The van der Waals surface area contributed by atoms with Gasteiger partial charge < -0.3 is 0 Å². The van der Waals surface area contributed by atoms with Gasteiger partial charge in [-0.25, -0.2) is 5.43 Å². The molecule has 0 fully saturated rings. The van der Waals surface area contributed by atoms with E-state index in [2.05, 4.69) is 22.7 Å². The highest BCUT2D eigenvalue weighted by atomic mass is 16.2. The molecule has 100 valence electrons. The summed E-state index contributed by atoms with van der Waals surface area (Å²) in [6, 6.07) is 17.4. The van der Waals surface area contributed by atoms with Crippen LogP contribution in [0.4, 0.5) is 0 Å². The topological polar surface area (TPSA) is 41.5 Å². The smallest absolute Gasteiger partial charge is 0.267 e. The Morgan fingerprint density at radius 1 is 0.950 bits per heavy atom. The van der Waals surface area contributed by atoms with E-state index in [9.17, 15) is 4.79 Å². The summed E-state index contributed by atoms with van der Waals surface area (Å²) in [5.41, 5.74) is 6.72. The van der Waals surface area contributed by atoms with Crippen LogP contribution in [0.5, 0.6) is 0 Å². The van der Waals surface area contributed by atoms with Gasteiger partial charge in [0.25, 0.3) is 5.91 Å². The fourth-order valence-corrected chi connectivity index (χ4v) is 2.49. The number of nitrogens with zero attached hydrogens (tertiary/aromatic N) is 1. The lowest BCUT2D eigenvalue weighted by Crippen LogP contribution is -2.22. The minimum Gasteiger partial charge on any atom is -0.267 e. The van der Waals surface area contributed by atoms with E-state index in [1.54, 1.807) is 12.1 Å². The van der Waals surface area contributed by atoms with Gasteiger partial charge in [-0.1, -0.05) is 42.5 Å². The lowest BCUT2D eigenvalue weighted by molar-refractivity contribution is 0.0954. The van der Waals surface area contributed by atoms with Crippen molar-refractivity contribution in [2.45, 2.75) is 19.3 Å². The van der Waals surface area contributed by atoms with Gasteiger partial charge in [0.1, 0.15) is 0 Å². The van der Waals surface area contributed by atoms with Gasteiger partial charge in [-0.2, -0.15) is 5.10 Å². The minimum atomic E-state index is -0.166. The van der Waals surface area contributed by atoms with Crippen molar-refractivity contribution in [1.29, 1.82) is 0 Å². The van der Waals surface area contributed by atoms with Crippen LogP contribution in [0.1, 0.15) is 34.3 Å². The first-order valence-electron chi connectivity index (χ1n) is 6.85. The molecule has 0 atom stereocenters. The molecule has 3 heteroatoms. The van der Waals surface area contributed by atoms with Crippen molar-refractivity contribution in [3.63, 3.8) is 0 Å². The summed E-state index contributed by atoms with van der Waals surface area (Å²) in [4.78, 5) is 12.0. The van der Waals surface area contributed by atoms with Crippen molar-refractivity contribution in [3.8, 4) is 0 Å². The second kappa shape index (κ2) is 5.70. The lowest BCUT2D eigenvalue weighted by atomic mass is 9.90. The van der Waals surface area contributed by atoms with E-state index in [0.717, 1.165) is 30.5 Å². The Morgan fingerprint density at radius 3 is 2.55 bits per heavy atom. The van der Waals surface area contributed by atoms with Crippen molar-refractivity contribution in [2.75, 3.05) is 0 Å². The molecule has 3 nitrogen and oxygen atoms in total. The third-order valence-electron chi connectivity index (χ3n) is 3.52. The van der Waals surface area contributed by atoms with Crippen LogP contribution in [0.3, 0.4) is 0 Å². The molecule has 0 radical (unpaired) electrons. The maximum Gasteiger partial charge on any atom is 0.271 e. The molecule has 0 saturated heterocycles. The standard InChI is InChI=1S/C17H16N2O/c20-17(14-8-2-1-3-9-14)19-18-16-12-6-10-13-7-4-5-11-15(13)16/h1-5,7-9,11H,6,10,12H2,(H,19,20)/b18-16-. The first-order chi connectivity index (χ1) is 9.84. The number of amides is 1. The Bertz CT molecular complexity index is 647. The Kier molecular flexibility index (Phi) is 3.59. The molecule has 2 aromatic carbocycles. The quantitative estimate of drug-likeness (QED) is 0.832. The maximum atomic E-state index is 12.0. The third-order valence-corrected chi connectivity index (χ3v) is 3.52. The Hall–Kier alpha value is -2.42. The van der Waals surface area contributed by atoms with Gasteiger partial charge in [0.2, 0.25) is 0 Å². The second-order valence-corrected chi connectivity index (χ2v) is 4.88. The summed E-state index contributed by atoms with van der Waals surface area (Å²) in [5.74, 6) is -0.166. The molecular formula is C17H16N2O. The summed E-state index contributed by atoms with van der Waals surface area (Å²) in [5, 5.41) is 4.32. The van der Waals surface area contributed by atoms with Gasteiger partial charge in [0.15, 0.2) is 0 Å². The van der Waals surface area contributed by atoms with Crippen LogP contribution in [0.25, 0.3) is 0 Å². The van der Waals surface area contributed by atoms with Crippen LogP contribution in [0.2, 0.25) is 0 Å². The van der Waals surface area contributed by atoms with Crippen molar-refractivity contribution in [2.24, 2.45) is 5.10 Å². The molecule has 1 N–H and O–H groups in total. The van der Waals surface area contributed by atoms with Crippen LogP contribution >= 0.6 is 0 Å². The van der Waals surface area contributed by atoms with Crippen molar-refractivity contribution < 1.29 is 4.79 Å². The van der Waals surface area contributed by atoms with Gasteiger partial charge >= 0.3 is 0 Å². The van der Waals surface area contributed by atoms with E-state index < -0.39 is 0 Å². The van der Waals surface area contributed by atoms with Crippen molar-refractivity contribution in [1.82, 2.24) is 5.43 Å². The van der Waals surface area contributed by atoms with Gasteiger partial charge in [-0.3, -0.25) is 4.79 Å². The van der Waals surface area contributed by atoms with Gasteiger partial charge in [-0.15, -0.1) is 0 Å². The molecule has 1 aliphatic rings. The number of hydrogen-bond donors (Lipinski definition) is 1. The largest absolute Gasteiger partial charge is 0.271 e. The monoisotopic (exact) mass is 264 g/mol. The summed E-state index contributed by atoms with van der Waals surface area (Å²) >= 11 is 0. The molecule has 1 aliphatic carbocycles. The molecule has 20 heavy (non-hydrogen) atoms. The predicted octanol–water partition coefficient (Wildman–Crippen LogP) is 3.16. The molecule has 1 amide bonds. The predicted molar refractivity (Wildman–Crippen MR) is 79.8 cm³/mol. The Balaban J connectivity index is 1.79. The zero-order valence-corrected chi connectivity index (χ0v) is 11.2. The van der Waals surface area contributed by atoms with Gasteiger partial charge in [0, 0.05) is 11.1 Å². The fourth-order valence-electron chi connectivity index (χ4n) is 2.49. The normalized spacial score (nSPS) is 15.7. The van der Waals surface area contributed by atoms with E-state index in [1.165, 1.54) is 5.56 Å². The average molecular weight is 264 g/mol. The van der Waals surface area contributed by atoms with Gasteiger partial charge in [0.05, 0.1) is 5.71 Å². The second-order valence-electron chi connectivity index (χ2n) is 4.88. The number of benzene rings is 2. The zero-order chi connectivity index (χ0) is 13.8. The van der Waals surface area contributed by atoms with E-state index in [4.69, 9.17) is 0 Å². The molecule has 0 aromatic heterocycles. The highest BCUT2D eigenvalue weighted by molar-refractivity contribution is 6.04. The SMILES string of the molecule is O=C(N/N=C1/CCCc2ccccc21)c1ccccc1. The first-order valence-corrected chi connectivity index (χ1v) is 6.85. The molecule has 0 aliphatic heterocycles. The molecule has 2 aromatic rings. The number of nitrogens with one attached hydrogen (secondary N) is 1. The molecule has 0 heterocycles. The molecule has 0 bridgehead atoms. The van der Waals surface area contributed by atoms with Crippen LogP contribution in [-0.4, -0.2) is 11.6 Å². The van der Waals surface area contributed by atoms with Gasteiger partial charge in [-0.05, 0) is 37.0 Å². The molecule has 3 rings (SSSR count). The van der Waals surface area contributed by atoms with Crippen LogP contribution in [0.15, 0.2) is 59.7 Å². The zero-order valence-electron chi connectivity index (χ0n) is 11.2. The molecule has 0 unspecified atom stereocenters. The summed E-state index contributed by atoms with van der Waals surface area (Å²) in [6.07, 6.45) is 3.07. The van der Waals surface area contributed by atoms with Crippen LogP contribution in [-0.2, 0) is 6.42 Å². The van der Waals surface area contributed by atoms with E-state index in [1.807, 2.05) is 30.3 Å². The van der Waals surface area contributed by atoms with Crippen LogP contribution in [0, 0.1) is 0 Å². The first kappa shape index (κ1) is 12.6. The summed E-state index contributed by atoms with van der Waals surface area (Å²) < 4.78 is 0. The number of aryl methyl sites for hydroxylation is 1. The van der Waals surface area contributed by atoms with Crippen LogP contribution < -0.4 is 5.43 Å². The fraction of sp³-hybridized carbons (Fsp3) is 0.176. The number of carbonyl (C=O) groups excluding carboxylic acids is 1. The molecule has 0 spiro atoms. The summed E-state index contributed by atoms with van der Waals surface area (Å²) in [7, 11) is 0. The summed E-state index contributed by atoms with van der Waals surface area (Å²) in [6.45, 7) is 0. The minimum absolute atomic E-state index is 0.166. The average Bonchev–Trinajstić information content (AvgIpc) is 2.53. The number of fused-ring (bicyclic) bond motifs is 1. The molecule has 0 saturated carbocycles. The highest BCUT2D eigenvalue weighted by Crippen LogP contribution is 2.21. The van der Waals surface area contributed by atoms with E-state index >= 15 is 0 Å². The Morgan fingerprint density at radius 2 is 1.70 bits per heavy atom. The maximum absolute atomic E-state index is 12.0. The molecular weight excluding hydrogens is 248 g/mol. The number of rotatable bonds is 2. The van der Waals surface area contributed by atoms with E-state index in [0.29, 0.717) is 5.56 Å². The number of hydrazone groups is 1. The number of hydrogen-bond acceptors (Lipinski definition) is 2.